The van der Waals surface area contributed by atoms with Crippen LogP contribution in [0.1, 0.15) is 25.0 Å². The van der Waals surface area contributed by atoms with Gasteiger partial charge in [0.15, 0.2) is 0 Å². The molecule has 0 unspecified atom stereocenters. The second kappa shape index (κ2) is 5.64. The fourth-order valence-electron chi connectivity index (χ4n) is 2.41. The molecule has 2 rings (SSSR count). The Hall–Kier alpha value is -1.02. The summed E-state index contributed by atoms with van der Waals surface area (Å²) < 4.78 is 46.3. The Kier molecular flexibility index (Phi) is 4.39. The van der Waals surface area contributed by atoms with Gasteiger partial charge in [0.25, 0.3) is 0 Å². The van der Waals surface area contributed by atoms with Gasteiger partial charge in [0.05, 0.1) is 17.1 Å². The number of benzene rings is 1. The summed E-state index contributed by atoms with van der Waals surface area (Å²) >= 11 is 0. The summed E-state index contributed by atoms with van der Waals surface area (Å²) in [5, 5.41) is 0. The van der Waals surface area contributed by atoms with E-state index >= 15 is 0 Å². The average molecular weight is 316 g/mol. The SMILES string of the molecule is Cc1c(F)cc(CN)cc1S(=O)(=O)N1CCOC(C)(C)C1. The van der Waals surface area contributed by atoms with E-state index in [0.29, 0.717) is 12.2 Å². The van der Waals surface area contributed by atoms with Gasteiger partial charge in [0.2, 0.25) is 10.0 Å². The van der Waals surface area contributed by atoms with Gasteiger partial charge in [0.1, 0.15) is 5.82 Å². The van der Waals surface area contributed by atoms with Crippen molar-refractivity contribution < 1.29 is 17.5 Å². The van der Waals surface area contributed by atoms with Crippen LogP contribution in [0, 0.1) is 12.7 Å². The maximum absolute atomic E-state index is 13.9. The molecule has 0 radical (unpaired) electrons. The molecule has 1 aliphatic rings. The molecule has 0 bridgehead atoms. The summed E-state index contributed by atoms with van der Waals surface area (Å²) in [6, 6.07) is 2.73. The number of sulfonamides is 1. The van der Waals surface area contributed by atoms with Crippen molar-refractivity contribution in [3.63, 3.8) is 0 Å². The number of halogens is 1. The van der Waals surface area contributed by atoms with E-state index in [1.165, 1.54) is 23.4 Å². The Morgan fingerprint density at radius 3 is 2.67 bits per heavy atom. The average Bonchev–Trinajstić information content (AvgIpc) is 2.40. The van der Waals surface area contributed by atoms with Crippen LogP contribution in [0.5, 0.6) is 0 Å². The molecule has 21 heavy (non-hydrogen) atoms. The number of nitrogens with zero attached hydrogens (tertiary/aromatic N) is 1. The van der Waals surface area contributed by atoms with Crippen LogP contribution in [-0.4, -0.2) is 38.0 Å². The van der Waals surface area contributed by atoms with E-state index in [-0.39, 0.29) is 30.1 Å². The quantitative estimate of drug-likeness (QED) is 0.915. The fourth-order valence-corrected chi connectivity index (χ4v) is 4.27. The van der Waals surface area contributed by atoms with Crippen LogP contribution in [0.3, 0.4) is 0 Å². The van der Waals surface area contributed by atoms with Gasteiger partial charge in [-0.05, 0) is 38.5 Å². The molecule has 1 fully saturated rings. The lowest BCUT2D eigenvalue weighted by molar-refractivity contribution is -0.0640. The third-order valence-electron chi connectivity index (χ3n) is 3.60. The van der Waals surface area contributed by atoms with Crippen LogP contribution in [0.25, 0.3) is 0 Å². The molecule has 1 heterocycles. The minimum absolute atomic E-state index is 0.0133. The largest absolute Gasteiger partial charge is 0.373 e. The van der Waals surface area contributed by atoms with Gasteiger partial charge in [-0.3, -0.25) is 0 Å². The predicted octanol–water partition coefficient (Wildman–Crippen LogP) is 1.39. The Morgan fingerprint density at radius 1 is 1.43 bits per heavy atom. The molecule has 2 N–H and O–H groups in total. The molecule has 0 saturated carbocycles. The van der Waals surface area contributed by atoms with Crippen LogP contribution in [-0.2, 0) is 21.3 Å². The van der Waals surface area contributed by atoms with E-state index in [9.17, 15) is 12.8 Å². The third-order valence-corrected chi connectivity index (χ3v) is 5.57. The van der Waals surface area contributed by atoms with Gasteiger partial charge < -0.3 is 10.5 Å². The lowest BCUT2D eigenvalue weighted by Gasteiger charge is -2.37. The fraction of sp³-hybridized carbons (Fsp3) is 0.571. The van der Waals surface area contributed by atoms with Crippen molar-refractivity contribution in [1.82, 2.24) is 4.31 Å². The van der Waals surface area contributed by atoms with Crippen molar-refractivity contribution in [3.05, 3.63) is 29.1 Å². The zero-order valence-corrected chi connectivity index (χ0v) is 13.3. The molecule has 0 aromatic heterocycles. The number of hydrogen-bond donors (Lipinski definition) is 1. The number of morpholine rings is 1. The predicted molar refractivity (Wildman–Crippen MR) is 77.8 cm³/mol. The summed E-state index contributed by atoms with van der Waals surface area (Å²) in [6.07, 6.45) is 0. The summed E-state index contributed by atoms with van der Waals surface area (Å²) in [5.41, 5.74) is 5.54. The molecule has 0 atom stereocenters. The standard InChI is InChI=1S/C14H21FN2O3S/c1-10-12(15)6-11(8-16)7-13(10)21(18,19)17-4-5-20-14(2,3)9-17/h6-7H,4-5,8-9,16H2,1-3H3. The highest BCUT2D eigenvalue weighted by Gasteiger charge is 2.36. The van der Waals surface area contributed by atoms with E-state index in [0.717, 1.165) is 0 Å². The van der Waals surface area contributed by atoms with Gasteiger partial charge >= 0.3 is 0 Å². The van der Waals surface area contributed by atoms with Crippen LogP contribution < -0.4 is 5.73 Å². The molecule has 1 saturated heterocycles. The summed E-state index contributed by atoms with van der Waals surface area (Å²) in [5.74, 6) is -0.552. The van der Waals surface area contributed by atoms with E-state index in [4.69, 9.17) is 10.5 Å². The zero-order chi connectivity index (χ0) is 15.8. The third kappa shape index (κ3) is 3.26. The van der Waals surface area contributed by atoms with Gasteiger partial charge in [-0.25, -0.2) is 12.8 Å². The molecule has 1 aromatic carbocycles. The summed E-state index contributed by atoms with van der Waals surface area (Å²) in [4.78, 5) is -0.0133. The number of rotatable bonds is 3. The first-order chi connectivity index (χ1) is 9.67. The first-order valence-corrected chi connectivity index (χ1v) is 8.24. The van der Waals surface area contributed by atoms with E-state index < -0.39 is 21.4 Å². The van der Waals surface area contributed by atoms with Crippen molar-refractivity contribution in [2.75, 3.05) is 19.7 Å². The summed E-state index contributed by atoms with van der Waals surface area (Å²) in [7, 11) is -3.76. The Labute approximate surface area is 124 Å². The highest BCUT2D eigenvalue weighted by Crippen LogP contribution is 2.27. The minimum Gasteiger partial charge on any atom is -0.373 e. The maximum Gasteiger partial charge on any atom is 0.243 e. The molecular formula is C14H21FN2O3S. The van der Waals surface area contributed by atoms with Gasteiger partial charge in [0, 0.05) is 25.2 Å². The molecule has 1 aliphatic heterocycles. The van der Waals surface area contributed by atoms with Crippen molar-refractivity contribution in [1.29, 1.82) is 0 Å². The minimum atomic E-state index is -3.76. The second-order valence-corrected chi connectivity index (χ2v) is 7.76. The molecule has 7 heteroatoms. The molecular weight excluding hydrogens is 295 g/mol. The van der Waals surface area contributed by atoms with Gasteiger partial charge in [-0.1, -0.05) is 0 Å². The second-order valence-electron chi connectivity index (χ2n) is 5.85. The van der Waals surface area contributed by atoms with Crippen molar-refractivity contribution in [3.8, 4) is 0 Å². The van der Waals surface area contributed by atoms with Crippen LogP contribution in [0.2, 0.25) is 0 Å². The summed E-state index contributed by atoms with van der Waals surface area (Å²) in [6.45, 7) is 6.05. The van der Waals surface area contributed by atoms with Gasteiger partial charge in [-0.2, -0.15) is 4.31 Å². The Bertz CT molecular complexity index is 644. The monoisotopic (exact) mass is 316 g/mol. The molecule has 118 valence electrons. The molecule has 0 spiro atoms. The lowest BCUT2D eigenvalue weighted by Crippen LogP contribution is -2.50. The first-order valence-electron chi connectivity index (χ1n) is 6.80. The highest BCUT2D eigenvalue weighted by atomic mass is 32.2. The smallest absolute Gasteiger partial charge is 0.243 e. The maximum atomic E-state index is 13.9. The molecule has 0 amide bonds. The topological polar surface area (TPSA) is 72.6 Å². The van der Waals surface area contributed by atoms with Crippen LogP contribution in [0.15, 0.2) is 17.0 Å². The number of hydrogen-bond acceptors (Lipinski definition) is 4. The molecule has 0 aliphatic carbocycles. The van der Waals surface area contributed by atoms with Gasteiger partial charge in [-0.15, -0.1) is 0 Å². The first kappa shape index (κ1) is 16.4. The molecule has 1 aromatic rings. The number of nitrogens with two attached hydrogens (primary N) is 1. The molecule has 5 nitrogen and oxygen atoms in total. The highest BCUT2D eigenvalue weighted by molar-refractivity contribution is 7.89. The van der Waals surface area contributed by atoms with E-state index in [2.05, 4.69) is 0 Å². The van der Waals surface area contributed by atoms with Crippen LogP contribution >= 0.6 is 0 Å². The normalized spacial score (nSPS) is 19.7. The Morgan fingerprint density at radius 2 is 2.10 bits per heavy atom. The van der Waals surface area contributed by atoms with Crippen molar-refractivity contribution in [2.24, 2.45) is 5.73 Å². The lowest BCUT2D eigenvalue weighted by atomic mass is 10.1. The van der Waals surface area contributed by atoms with E-state index in [1.54, 1.807) is 0 Å². The Balaban J connectivity index is 2.47. The number of ether oxygens (including phenoxy) is 1. The zero-order valence-electron chi connectivity index (χ0n) is 12.5. The van der Waals surface area contributed by atoms with Crippen molar-refractivity contribution in [2.45, 2.75) is 37.8 Å². The van der Waals surface area contributed by atoms with Crippen molar-refractivity contribution >= 4 is 10.0 Å². The van der Waals surface area contributed by atoms with E-state index in [1.807, 2.05) is 13.8 Å². The van der Waals surface area contributed by atoms with Crippen LogP contribution in [0.4, 0.5) is 4.39 Å².